The number of hydrogen-bond donors (Lipinski definition) is 4. The lowest BCUT2D eigenvalue weighted by Gasteiger charge is -2.20. The summed E-state index contributed by atoms with van der Waals surface area (Å²) in [5, 5.41) is 15.5. The maximum absolute atomic E-state index is 13.0. The summed E-state index contributed by atoms with van der Waals surface area (Å²) < 4.78 is 0. The molecule has 3 aromatic rings. The number of benzene rings is 2. The van der Waals surface area contributed by atoms with Gasteiger partial charge in [-0.2, -0.15) is 5.10 Å². The number of aromatic amines is 1. The fourth-order valence-corrected chi connectivity index (χ4v) is 4.88. The molecule has 0 unspecified atom stereocenters. The van der Waals surface area contributed by atoms with Crippen LogP contribution in [0.3, 0.4) is 0 Å². The molecule has 10 nitrogen and oxygen atoms in total. The average Bonchev–Trinajstić information content (AvgIpc) is 3.56. The predicted octanol–water partition coefficient (Wildman–Crippen LogP) is 4.42. The Kier molecular flexibility index (Phi) is 9.81. The Morgan fingerprint density at radius 1 is 1.10 bits per heavy atom. The summed E-state index contributed by atoms with van der Waals surface area (Å²) in [6.07, 6.45) is 6.28. The van der Waals surface area contributed by atoms with Crippen LogP contribution in [0.25, 0.3) is 0 Å². The number of rotatable bonds is 10. The number of halogens is 2. The average molecular weight is 585 g/mol. The van der Waals surface area contributed by atoms with Gasteiger partial charge in [-0.3, -0.25) is 19.5 Å². The van der Waals surface area contributed by atoms with E-state index in [2.05, 4.69) is 35.9 Å². The Balaban J connectivity index is 1.33. The van der Waals surface area contributed by atoms with Crippen LogP contribution >= 0.6 is 23.2 Å². The van der Waals surface area contributed by atoms with Gasteiger partial charge in [-0.05, 0) is 63.3 Å². The third-order valence-corrected chi connectivity index (χ3v) is 6.95. The van der Waals surface area contributed by atoms with Crippen LogP contribution in [0.5, 0.6) is 0 Å². The van der Waals surface area contributed by atoms with Crippen LogP contribution < -0.4 is 20.9 Å². The van der Waals surface area contributed by atoms with Crippen LogP contribution in [0.2, 0.25) is 10.0 Å². The molecule has 2 aromatic carbocycles. The number of nitrogens with zero attached hydrogens (tertiary/aromatic N) is 3. The SMILES string of the molecule is CN(C)CC/C=C/C(=O)Nc1cccc(N2CC[C@H](NC(=O)c3[nH]ncc3NC(=O)c3c(Cl)cccc3Cl)C2)c1. The Hall–Kier alpha value is -3.86. The van der Waals surface area contributed by atoms with Crippen molar-refractivity contribution in [1.82, 2.24) is 20.4 Å². The quantitative estimate of drug-likeness (QED) is 0.262. The summed E-state index contributed by atoms with van der Waals surface area (Å²) in [7, 11) is 3.98. The van der Waals surface area contributed by atoms with Gasteiger partial charge >= 0.3 is 0 Å². The van der Waals surface area contributed by atoms with Gasteiger partial charge in [-0.15, -0.1) is 0 Å². The number of anilines is 3. The lowest BCUT2D eigenvalue weighted by Crippen LogP contribution is -2.37. The molecule has 4 N–H and O–H groups in total. The first kappa shape index (κ1) is 29.1. The number of H-pyrrole nitrogens is 1. The zero-order valence-electron chi connectivity index (χ0n) is 22.2. The number of aromatic nitrogens is 2. The summed E-state index contributed by atoms with van der Waals surface area (Å²) in [6.45, 7) is 2.18. The molecule has 40 heavy (non-hydrogen) atoms. The highest BCUT2D eigenvalue weighted by Crippen LogP contribution is 2.27. The second kappa shape index (κ2) is 13.5. The highest BCUT2D eigenvalue weighted by Gasteiger charge is 2.27. The van der Waals surface area contributed by atoms with Crippen molar-refractivity contribution in [2.24, 2.45) is 0 Å². The lowest BCUT2D eigenvalue weighted by molar-refractivity contribution is -0.111. The molecule has 1 atom stereocenters. The second-order valence-corrected chi connectivity index (χ2v) is 10.5. The molecule has 1 aliphatic heterocycles. The number of carbonyl (C=O) groups is 3. The minimum atomic E-state index is -0.547. The largest absolute Gasteiger partial charge is 0.369 e. The van der Waals surface area contributed by atoms with Crippen LogP contribution in [0.15, 0.2) is 60.8 Å². The normalized spacial score (nSPS) is 15.0. The minimum Gasteiger partial charge on any atom is -0.369 e. The summed E-state index contributed by atoms with van der Waals surface area (Å²) >= 11 is 12.3. The van der Waals surface area contributed by atoms with Gasteiger partial charge in [0.2, 0.25) is 5.91 Å². The van der Waals surface area contributed by atoms with E-state index in [-0.39, 0.29) is 38.9 Å². The van der Waals surface area contributed by atoms with Gasteiger partial charge in [0.15, 0.2) is 0 Å². The maximum atomic E-state index is 13.0. The minimum absolute atomic E-state index is 0.114. The smallest absolute Gasteiger partial charge is 0.271 e. The molecule has 0 bridgehead atoms. The van der Waals surface area contributed by atoms with Crippen molar-refractivity contribution in [2.75, 3.05) is 49.3 Å². The molecule has 0 aliphatic carbocycles. The van der Waals surface area contributed by atoms with E-state index in [1.165, 1.54) is 6.20 Å². The van der Waals surface area contributed by atoms with Crippen LogP contribution in [0, 0.1) is 0 Å². The Labute approximate surface area is 242 Å². The van der Waals surface area contributed by atoms with Crippen molar-refractivity contribution in [2.45, 2.75) is 18.9 Å². The van der Waals surface area contributed by atoms with E-state index in [0.717, 1.165) is 31.6 Å². The highest BCUT2D eigenvalue weighted by molar-refractivity contribution is 6.40. The summed E-state index contributed by atoms with van der Waals surface area (Å²) in [5.74, 6) is -1.12. The maximum Gasteiger partial charge on any atom is 0.271 e. The van der Waals surface area contributed by atoms with Crippen molar-refractivity contribution in [3.8, 4) is 0 Å². The van der Waals surface area contributed by atoms with Crippen LogP contribution in [0.1, 0.15) is 33.7 Å². The fourth-order valence-electron chi connectivity index (χ4n) is 4.31. The highest BCUT2D eigenvalue weighted by atomic mass is 35.5. The van der Waals surface area contributed by atoms with E-state index in [1.54, 1.807) is 24.3 Å². The van der Waals surface area contributed by atoms with Crippen molar-refractivity contribution in [3.63, 3.8) is 0 Å². The molecule has 0 spiro atoms. The Bertz CT molecular complexity index is 1390. The number of carbonyl (C=O) groups excluding carboxylic acids is 3. The number of hydrogen-bond acceptors (Lipinski definition) is 6. The topological polar surface area (TPSA) is 122 Å². The third-order valence-electron chi connectivity index (χ3n) is 6.32. The Morgan fingerprint density at radius 3 is 2.60 bits per heavy atom. The standard InChI is InChI=1S/C28H31Cl2N7O3/c1-36(2)13-4-3-11-24(38)32-18-7-5-8-20(15-18)37-14-12-19(17-37)33-28(40)26-23(16-31-35-26)34-27(39)25-21(29)9-6-10-22(25)30/h3,5-11,15-16,19H,4,12-14,17H2,1-2H3,(H,31,35)(H,32,38)(H,33,40)(H,34,39)/b11-3+/t19-/m0/s1. The van der Waals surface area contributed by atoms with Gasteiger partial charge in [-0.25, -0.2) is 0 Å². The van der Waals surface area contributed by atoms with Crippen molar-refractivity contribution in [1.29, 1.82) is 0 Å². The van der Waals surface area contributed by atoms with Gasteiger partial charge in [0.25, 0.3) is 11.8 Å². The fraction of sp³-hybridized carbons (Fsp3) is 0.286. The van der Waals surface area contributed by atoms with Crippen LogP contribution in [-0.2, 0) is 4.79 Å². The first-order chi connectivity index (χ1) is 19.2. The summed E-state index contributed by atoms with van der Waals surface area (Å²) in [4.78, 5) is 42.3. The van der Waals surface area contributed by atoms with Crippen molar-refractivity contribution in [3.05, 3.63) is 82.1 Å². The number of nitrogens with one attached hydrogen (secondary N) is 4. The molecule has 3 amide bonds. The van der Waals surface area contributed by atoms with Crippen molar-refractivity contribution < 1.29 is 14.4 Å². The van der Waals surface area contributed by atoms with E-state index in [0.29, 0.717) is 12.2 Å². The zero-order chi connectivity index (χ0) is 28.6. The molecule has 4 rings (SSSR count). The molecular weight excluding hydrogens is 553 g/mol. The van der Waals surface area contributed by atoms with E-state index < -0.39 is 11.8 Å². The lowest BCUT2D eigenvalue weighted by atomic mass is 10.2. The molecule has 210 valence electrons. The molecule has 12 heteroatoms. The zero-order valence-corrected chi connectivity index (χ0v) is 23.7. The molecule has 1 saturated heterocycles. The monoisotopic (exact) mass is 583 g/mol. The van der Waals surface area contributed by atoms with Crippen molar-refractivity contribution >= 4 is 58.0 Å². The van der Waals surface area contributed by atoms with Gasteiger partial charge in [0, 0.05) is 37.1 Å². The molecule has 2 heterocycles. The number of amides is 3. The molecular formula is C28H31Cl2N7O3. The van der Waals surface area contributed by atoms with Crippen LogP contribution in [0.4, 0.5) is 17.1 Å². The van der Waals surface area contributed by atoms with Gasteiger partial charge in [-0.1, -0.05) is 41.4 Å². The first-order valence-electron chi connectivity index (χ1n) is 12.8. The van der Waals surface area contributed by atoms with Crippen LogP contribution in [-0.4, -0.2) is 72.6 Å². The molecule has 1 fully saturated rings. The predicted molar refractivity (Wildman–Crippen MR) is 158 cm³/mol. The van der Waals surface area contributed by atoms with Gasteiger partial charge < -0.3 is 25.8 Å². The molecule has 1 aromatic heterocycles. The third kappa shape index (κ3) is 7.62. The van der Waals surface area contributed by atoms with E-state index >= 15 is 0 Å². The first-order valence-corrected chi connectivity index (χ1v) is 13.5. The second-order valence-electron chi connectivity index (χ2n) is 9.65. The van der Waals surface area contributed by atoms with E-state index in [1.807, 2.05) is 44.4 Å². The van der Waals surface area contributed by atoms with Gasteiger partial charge in [0.1, 0.15) is 5.69 Å². The van der Waals surface area contributed by atoms with E-state index in [4.69, 9.17) is 23.2 Å². The molecule has 0 radical (unpaired) electrons. The van der Waals surface area contributed by atoms with Gasteiger partial charge in [0.05, 0.1) is 27.5 Å². The molecule has 0 saturated carbocycles. The molecule has 1 aliphatic rings. The summed E-state index contributed by atoms with van der Waals surface area (Å²) in [6, 6.07) is 12.2. The Morgan fingerprint density at radius 2 is 1.85 bits per heavy atom. The van der Waals surface area contributed by atoms with E-state index in [9.17, 15) is 14.4 Å². The summed E-state index contributed by atoms with van der Waals surface area (Å²) in [5.41, 5.74) is 2.09.